The van der Waals surface area contributed by atoms with Gasteiger partial charge in [0, 0.05) is 11.3 Å². The first-order valence-electron chi connectivity index (χ1n) is 10.1. The summed E-state index contributed by atoms with van der Waals surface area (Å²) >= 11 is 2.34. The summed E-state index contributed by atoms with van der Waals surface area (Å²) in [4.78, 5) is 37.4. The van der Waals surface area contributed by atoms with Crippen molar-refractivity contribution in [3.05, 3.63) is 29.8 Å². The average molecular weight is 586 g/mol. The Bertz CT molecular complexity index is 879. The molecule has 0 saturated heterocycles. The second-order valence-corrected chi connectivity index (χ2v) is 10.7. The number of unbranched alkanes of at least 4 members (excludes halogenated alkanes) is 1. The van der Waals surface area contributed by atoms with Crippen LogP contribution in [-0.4, -0.2) is 69.4 Å². The van der Waals surface area contributed by atoms with Gasteiger partial charge in [0.1, 0.15) is 0 Å². The van der Waals surface area contributed by atoms with E-state index in [2.05, 4.69) is 20.8 Å². The van der Waals surface area contributed by atoms with Gasteiger partial charge >= 0.3 is 0 Å². The summed E-state index contributed by atoms with van der Waals surface area (Å²) in [5.41, 5.74) is 0.123. The molecule has 0 aliphatic carbocycles. The van der Waals surface area contributed by atoms with Crippen LogP contribution in [0.3, 0.4) is 0 Å². The van der Waals surface area contributed by atoms with Crippen molar-refractivity contribution in [2.24, 2.45) is 0 Å². The third-order valence-corrected chi connectivity index (χ3v) is 7.92. The average Bonchev–Trinajstić information content (AvgIpc) is 2.72. The minimum Gasteiger partial charge on any atom is -0.324 e. The van der Waals surface area contributed by atoms with Crippen molar-refractivity contribution in [2.75, 3.05) is 31.9 Å². The Morgan fingerprint density at radius 1 is 1.06 bits per heavy atom. The van der Waals surface area contributed by atoms with E-state index in [0.29, 0.717) is 14.4 Å². The number of halogens is 1. The minimum absolute atomic E-state index is 0.0767. The molecule has 0 bridgehead atoms. The van der Waals surface area contributed by atoms with Crippen LogP contribution < -0.4 is 0 Å². The fraction of sp³-hybridized carbons (Fsp3) is 0.550. The van der Waals surface area contributed by atoms with Gasteiger partial charge in [-0.2, -0.15) is 8.42 Å². The topological polar surface area (TPSA) is 109 Å². The van der Waals surface area contributed by atoms with Crippen LogP contribution in [-0.2, 0) is 19.7 Å². The normalized spacial score (nSPS) is 11.9. The summed E-state index contributed by atoms with van der Waals surface area (Å²) in [6.07, 6.45) is 2.07. The van der Waals surface area contributed by atoms with E-state index in [9.17, 15) is 22.8 Å². The van der Waals surface area contributed by atoms with Gasteiger partial charge < -0.3 is 4.48 Å². The molecule has 0 atom stereocenters. The number of rotatable bonds is 12. The van der Waals surface area contributed by atoms with E-state index in [1.807, 2.05) is 0 Å². The molecule has 1 rings (SSSR count). The first-order chi connectivity index (χ1) is 14.5. The molecule has 0 heterocycles. The molecule has 0 radical (unpaired) electrons. The summed E-state index contributed by atoms with van der Waals surface area (Å²) in [6.45, 7) is 10.8. The Kier molecular flexibility index (Phi) is 11.6. The maximum Gasteiger partial charge on any atom is 0.274 e. The Morgan fingerprint density at radius 2 is 1.65 bits per heavy atom. The molecule has 31 heavy (non-hydrogen) atoms. The standard InChI is InChI=1S/C20H29IN2O6S2/c1-4-23(5-2,6-3)14-10-9-13-19(25)30-17-12-8-7-11-16(17)20(26)22(21)18(24)15-31(27,28)29/h7-8,11-12H,4-6,9-10,13-15H2,1-3H3/p+1. The van der Waals surface area contributed by atoms with Crippen LogP contribution in [0, 0.1) is 0 Å². The first kappa shape index (κ1) is 28.0. The van der Waals surface area contributed by atoms with Crippen molar-refractivity contribution in [3.63, 3.8) is 0 Å². The minimum atomic E-state index is -4.55. The Labute approximate surface area is 202 Å². The van der Waals surface area contributed by atoms with E-state index in [4.69, 9.17) is 4.55 Å². The van der Waals surface area contributed by atoms with Crippen molar-refractivity contribution in [3.8, 4) is 0 Å². The van der Waals surface area contributed by atoms with Crippen LogP contribution in [0.5, 0.6) is 0 Å². The Balaban J connectivity index is 2.74. The molecule has 174 valence electrons. The number of quaternary nitrogens is 1. The van der Waals surface area contributed by atoms with Crippen molar-refractivity contribution in [1.82, 2.24) is 3.11 Å². The van der Waals surface area contributed by atoms with Gasteiger partial charge in [0.25, 0.3) is 21.9 Å². The lowest BCUT2D eigenvalue weighted by Crippen LogP contribution is -2.48. The number of nitrogens with zero attached hydrogens (tertiary/aromatic N) is 2. The zero-order chi connectivity index (χ0) is 23.7. The summed E-state index contributed by atoms with van der Waals surface area (Å²) in [5.74, 6) is -3.01. The number of thioether (sulfide) groups is 1. The molecule has 0 fully saturated rings. The van der Waals surface area contributed by atoms with Crippen LogP contribution in [0.15, 0.2) is 29.2 Å². The predicted molar refractivity (Wildman–Crippen MR) is 130 cm³/mol. The van der Waals surface area contributed by atoms with Gasteiger partial charge in [-0.15, -0.1) is 0 Å². The number of carbonyl (C=O) groups is 3. The van der Waals surface area contributed by atoms with E-state index in [-0.39, 0.29) is 10.7 Å². The molecule has 1 N–H and O–H groups in total. The van der Waals surface area contributed by atoms with E-state index in [1.54, 1.807) is 18.2 Å². The lowest BCUT2D eigenvalue weighted by molar-refractivity contribution is -0.923. The van der Waals surface area contributed by atoms with E-state index >= 15 is 0 Å². The summed E-state index contributed by atoms with van der Waals surface area (Å²) in [6, 6.07) is 6.36. The van der Waals surface area contributed by atoms with E-state index in [1.165, 1.54) is 28.9 Å². The molecule has 8 nitrogen and oxygen atoms in total. The maximum absolute atomic E-state index is 12.6. The van der Waals surface area contributed by atoms with Gasteiger partial charge in [-0.3, -0.25) is 18.9 Å². The highest BCUT2D eigenvalue weighted by Crippen LogP contribution is 2.27. The lowest BCUT2D eigenvalue weighted by Gasteiger charge is -2.35. The highest BCUT2D eigenvalue weighted by atomic mass is 127. The summed E-state index contributed by atoms with van der Waals surface area (Å²) in [7, 11) is -4.55. The maximum atomic E-state index is 12.6. The Morgan fingerprint density at radius 3 is 2.19 bits per heavy atom. The molecular formula is C20H30IN2O6S2+. The monoisotopic (exact) mass is 585 g/mol. The van der Waals surface area contributed by atoms with Crippen molar-refractivity contribution in [1.29, 1.82) is 0 Å². The molecule has 0 aliphatic heterocycles. The third kappa shape index (κ3) is 9.16. The van der Waals surface area contributed by atoms with Crippen molar-refractivity contribution >= 4 is 61.7 Å². The second-order valence-electron chi connectivity index (χ2n) is 7.15. The first-order valence-corrected chi connectivity index (χ1v) is 13.5. The van der Waals surface area contributed by atoms with E-state index < -0.39 is 27.7 Å². The van der Waals surface area contributed by atoms with Gasteiger partial charge in [-0.1, -0.05) is 23.9 Å². The molecule has 1 aromatic carbocycles. The second kappa shape index (κ2) is 12.9. The van der Waals surface area contributed by atoms with Gasteiger partial charge in [-0.25, -0.2) is 3.11 Å². The number of hydrogen-bond acceptors (Lipinski definition) is 6. The number of benzene rings is 1. The summed E-state index contributed by atoms with van der Waals surface area (Å²) < 4.78 is 32.3. The van der Waals surface area contributed by atoms with Crippen LogP contribution >= 0.6 is 34.6 Å². The number of amides is 2. The smallest absolute Gasteiger partial charge is 0.274 e. The zero-order valence-corrected chi connectivity index (χ0v) is 21.8. The number of carbonyl (C=O) groups excluding carboxylic acids is 3. The number of imide groups is 1. The molecule has 0 aromatic heterocycles. The van der Waals surface area contributed by atoms with Gasteiger partial charge in [0.15, 0.2) is 10.9 Å². The molecule has 1 aromatic rings. The Hall–Kier alpha value is -1.02. The van der Waals surface area contributed by atoms with Gasteiger partial charge in [0.05, 0.1) is 54.6 Å². The fourth-order valence-corrected chi connectivity index (χ4v) is 5.21. The highest BCUT2D eigenvalue weighted by Gasteiger charge is 2.27. The van der Waals surface area contributed by atoms with Crippen LogP contribution in [0.2, 0.25) is 0 Å². The fourth-order valence-electron chi connectivity index (χ4n) is 3.20. The molecule has 0 aliphatic rings. The quantitative estimate of drug-likeness (QED) is 0.0998. The molecular weight excluding hydrogens is 555 g/mol. The van der Waals surface area contributed by atoms with Crippen LogP contribution in [0.1, 0.15) is 50.4 Å². The third-order valence-electron chi connectivity index (χ3n) is 5.32. The summed E-state index contributed by atoms with van der Waals surface area (Å²) in [5, 5.41) is -0.0767. The van der Waals surface area contributed by atoms with Crippen LogP contribution in [0.25, 0.3) is 0 Å². The molecule has 2 amide bonds. The van der Waals surface area contributed by atoms with Gasteiger partial charge in [-0.05, 0) is 45.7 Å². The number of hydrogen-bond donors (Lipinski definition) is 1. The molecule has 11 heteroatoms. The van der Waals surface area contributed by atoms with Crippen molar-refractivity contribution < 1.29 is 31.8 Å². The van der Waals surface area contributed by atoms with Crippen molar-refractivity contribution in [2.45, 2.75) is 44.9 Å². The zero-order valence-electron chi connectivity index (χ0n) is 18.0. The SMILES string of the molecule is CC[N+](CC)(CC)CCCCC(=O)Sc1ccccc1C(=O)N(I)C(=O)CS(=O)(=O)O. The highest BCUT2D eigenvalue weighted by molar-refractivity contribution is 14.1. The van der Waals surface area contributed by atoms with Gasteiger partial charge in [0.2, 0.25) is 0 Å². The molecule has 0 spiro atoms. The molecule has 0 unspecified atom stereocenters. The molecule has 0 saturated carbocycles. The largest absolute Gasteiger partial charge is 0.324 e. The lowest BCUT2D eigenvalue weighted by atomic mass is 10.2. The predicted octanol–water partition coefficient (Wildman–Crippen LogP) is 3.56. The van der Waals surface area contributed by atoms with Crippen LogP contribution in [0.4, 0.5) is 0 Å². The van der Waals surface area contributed by atoms with E-state index in [0.717, 1.165) is 55.3 Å².